The summed E-state index contributed by atoms with van der Waals surface area (Å²) in [6.07, 6.45) is 1.41. The molecule has 2 rings (SSSR count). The molecule has 2 aromatic carbocycles. The second-order valence-electron chi connectivity index (χ2n) is 5.21. The molecular formula is C19H20FNO2. The number of methoxy groups -OCH3 is 1. The second-order valence-corrected chi connectivity index (χ2v) is 5.21. The van der Waals surface area contributed by atoms with Crippen LogP contribution < -0.4 is 9.47 Å². The normalized spacial score (nSPS) is 11.6. The van der Waals surface area contributed by atoms with Gasteiger partial charge in [-0.3, -0.25) is 0 Å². The Labute approximate surface area is 136 Å². The van der Waals surface area contributed by atoms with Gasteiger partial charge in [-0.25, -0.2) is 4.39 Å². The van der Waals surface area contributed by atoms with Crippen LogP contribution in [0.1, 0.15) is 30.4 Å². The van der Waals surface area contributed by atoms with E-state index in [1.165, 1.54) is 12.1 Å². The first-order chi connectivity index (χ1) is 11.2. The Balaban J connectivity index is 2.07. The van der Waals surface area contributed by atoms with E-state index < -0.39 is 0 Å². The molecule has 0 aliphatic rings. The summed E-state index contributed by atoms with van der Waals surface area (Å²) in [4.78, 5) is 0. The smallest absolute Gasteiger partial charge is 0.126 e. The summed E-state index contributed by atoms with van der Waals surface area (Å²) in [6.45, 7) is 2.40. The molecule has 0 heterocycles. The van der Waals surface area contributed by atoms with Gasteiger partial charge in [-0.2, -0.15) is 5.26 Å². The zero-order chi connectivity index (χ0) is 16.7. The van der Waals surface area contributed by atoms with Gasteiger partial charge in [-0.15, -0.1) is 0 Å². The van der Waals surface area contributed by atoms with Crippen LogP contribution in [0.3, 0.4) is 0 Å². The highest BCUT2D eigenvalue weighted by molar-refractivity contribution is 5.42. The third-order valence-electron chi connectivity index (χ3n) is 3.70. The highest BCUT2D eigenvalue weighted by Gasteiger charge is 2.16. The lowest BCUT2D eigenvalue weighted by atomic mass is 9.94. The van der Waals surface area contributed by atoms with Crippen molar-refractivity contribution >= 4 is 0 Å². The lowest BCUT2D eigenvalue weighted by Crippen LogP contribution is -2.06. The fraction of sp³-hybridized carbons (Fsp3) is 0.316. The summed E-state index contributed by atoms with van der Waals surface area (Å²) in [7, 11) is 1.60. The van der Waals surface area contributed by atoms with E-state index in [1.54, 1.807) is 19.2 Å². The number of nitrogens with zero attached hydrogens (tertiary/aromatic N) is 1. The van der Waals surface area contributed by atoms with Crippen molar-refractivity contribution in [2.24, 2.45) is 0 Å². The molecule has 4 heteroatoms. The summed E-state index contributed by atoms with van der Waals surface area (Å²) >= 11 is 0. The number of hydrogen-bond donors (Lipinski definition) is 0. The van der Waals surface area contributed by atoms with Crippen molar-refractivity contribution in [1.82, 2.24) is 0 Å². The van der Waals surface area contributed by atoms with Crippen LogP contribution in [0.5, 0.6) is 11.5 Å². The summed E-state index contributed by atoms with van der Waals surface area (Å²) < 4.78 is 24.0. The molecule has 0 bridgehead atoms. The van der Waals surface area contributed by atoms with E-state index in [9.17, 15) is 9.65 Å². The van der Waals surface area contributed by atoms with Crippen molar-refractivity contribution < 1.29 is 13.9 Å². The van der Waals surface area contributed by atoms with Gasteiger partial charge in [-0.05, 0) is 30.2 Å². The molecule has 120 valence electrons. The van der Waals surface area contributed by atoms with E-state index >= 15 is 0 Å². The molecule has 2 aromatic rings. The predicted octanol–water partition coefficient (Wildman–Crippen LogP) is 4.47. The van der Waals surface area contributed by atoms with Gasteiger partial charge in [0.05, 0.1) is 25.7 Å². The molecule has 0 aliphatic carbocycles. The van der Waals surface area contributed by atoms with Gasteiger partial charge in [0, 0.05) is 18.1 Å². The average Bonchev–Trinajstić information content (AvgIpc) is 2.58. The third-order valence-corrected chi connectivity index (χ3v) is 3.70. The maximum Gasteiger partial charge on any atom is 0.126 e. The highest BCUT2D eigenvalue weighted by Crippen LogP contribution is 2.30. The van der Waals surface area contributed by atoms with E-state index in [0.29, 0.717) is 24.5 Å². The molecule has 0 radical (unpaired) electrons. The summed E-state index contributed by atoms with van der Waals surface area (Å²) in [5.74, 6) is 0.511. The van der Waals surface area contributed by atoms with Gasteiger partial charge in [0.25, 0.3) is 0 Å². The van der Waals surface area contributed by atoms with Crippen LogP contribution in [0, 0.1) is 17.1 Å². The van der Waals surface area contributed by atoms with E-state index in [0.717, 1.165) is 17.5 Å². The first kappa shape index (κ1) is 16.8. The number of benzene rings is 2. The fourth-order valence-electron chi connectivity index (χ4n) is 2.42. The molecule has 1 atom stereocenters. The van der Waals surface area contributed by atoms with E-state index in [4.69, 9.17) is 9.47 Å². The quantitative estimate of drug-likeness (QED) is 0.757. The molecule has 0 amide bonds. The lowest BCUT2D eigenvalue weighted by molar-refractivity contribution is 0.303. The van der Waals surface area contributed by atoms with E-state index in [2.05, 4.69) is 13.0 Å². The third kappa shape index (κ3) is 4.46. The van der Waals surface area contributed by atoms with Gasteiger partial charge < -0.3 is 9.47 Å². The van der Waals surface area contributed by atoms with Crippen molar-refractivity contribution in [1.29, 1.82) is 5.26 Å². The van der Waals surface area contributed by atoms with Gasteiger partial charge in [-0.1, -0.05) is 25.1 Å². The maximum atomic E-state index is 13.1. The fourth-order valence-corrected chi connectivity index (χ4v) is 2.42. The molecule has 23 heavy (non-hydrogen) atoms. The SMILES string of the molecule is CCc1ccc(OC)c(C(C#N)CCOc2cccc(F)c2)c1. The Morgan fingerprint density at radius 2 is 2.04 bits per heavy atom. The summed E-state index contributed by atoms with van der Waals surface area (Å²) in [5.41, 5.74) is 2.03. The minimum absolute atomic E-state index is 0.329. The molecule has 0 fully saturated rings. The number of halogens is 1. The van der Waals surface area contributed by atoms with Crippen LogP contribution in [0.15, 0.2) is 42.5 Å². The second kappa shape index (κ2) is 8.19. The molecular weight excluding hydrogens is 293 g/mol. The summed E-state index contributed by atoms with van der Waals surface area (Å²) in [6, 6.07) is 14.2. The molecule has 0 saturated heterocycles. The average molecular weight is 313 g/mol. The van der Waals surface area contributed by atoms with E-state index in [1.807, 2.05) is 18.2 Å². The first-order valence-corrected chi connectivity index (χ1v) is 7.62. The molecule has 0 aromatic heterocycles. The number of nitriles is 1. The van der Waals surface area contributed by atoms with Crippen molar-refractivity contribution in [3.05, 3.63) is 59.4 Å². The summed E-state index contributed by atoms with van der Waals surface area (Å²) in [5, 5.41) is 9.48. The Morgan fingerprint density at radius 1 is 1.22 bits per heavy atom. The Kier molecular flexibility index (Phi) is 5.99. The number of ether oxygens (including phenoxy) is 2. The van der Waals surface area contributed by atoms with Crippen LogP contribution in [0.4, 0.5) is 4.39 Å². The molecule has 0 spiro atoms. The zero-order valence-electron chi connectivity index (χ0n) is 13.4. The van der Waals surface area contributed by atoms with Crippen molar-refractivity contribution in [2.45, 2.75) is 25.7 Å². The van der Waals surface area contributed by atoms with Crippen LogP contribution in [0.2, 0.25) is 0 Å². The van der Waals surface area contributed by atoms with Crippen LogP contribution in [0.25, 0.3) is 0 Å². The molecule has 0 N–H and O–H groups in total. The number of rotatable bonds is 7. The number of hydrogen-bond acceptors (Lipinski definition) is 3. The number of aryl methyl sites for hydroxylation is 1. The Hall–Kier alpha value is -2.54. The maximum absolute atomic E-state index is 13.1. The van der Waals surface area contributed by atoms with Gasteiger partial charge >= 0.3 is 0 Å². The predicted molar refractivity (Wildman–Crippen MR) is 87.2 cm³/mol. The Bertz CT molecular complexity index is 694. The molecule has 1 unspecified atom stereocenters. The van der Waals surface area contributed by atoms with Crippen molar-refractivity contribution in [3.8, 4) is 17.6 Å². The topological polar surface area (TPSA) is 42.2 Å². The molecule has 0 aliphatic heterocycles. The lowest BCUT2D eigenvalue weighted by Gasteiger charge is -2.15. The highest BCUT2D eigenvalue weighted by atomic mass is 19.1. The van der Waals surface area contributed by atoms with Crippen molar-refractivity contribution in [3.63, 3.8) is 0 Å². The Morgan fingerprint density at radius 3 is 2.70 bits per heavy atom. The van der Waals surface area contributed by atoms with Gasteiger partial charge in [0.15, 0.2) is 0 Å². The van der Waals surface area contributed by atoms with Gasteiger partial charge in [0.2, 0.25) is 0 Å². The van der Waals surface area contributed by atoms with Crippen molar-refractivity contribution in [2.75, 3.05) is 13.7 Å². The standard InChI is InChI=1S/C19H20FNO2/c1-3-14-7-8-19(22-2)18(11-14)15(13-21)9-10-23-17-6-4-5-16(20)12-17/h4-8,11-12,15H,3,9-10H2,1-2H3. The van der Waals surface area contributed by atoms with Crippen LogP contribution in [-0.2, 0) is 6.42 Å². The minimum atomic E-state index is -0.336. The van der Waals surface area contributed by atoms with Gasteiger partial charge in [0.1, 0.15) is 17.3 Å². The first-order valence-electron chi connectivity index (χ1n) is 7.62. The van der Waals surface area contributed by atoms with Crippen LogP contribution >= 0.6 is 0 Å². The molecule has 0 saturated carbocycles. The zero-order valence-corrected chi connectivity index (χ0v) is 13.4. The minimum Gasteiger partial charge on any atom is -0.496 e. The molecule has 3 nitrogen and oxygen atoms in total. The van der Waals surface area contributed by atoms with E-state index in [-0.39, 0.29) is 11.7 Å². The van der Waals surface area contributed by atoms with Crippen LogP contribution in [-0.4, -0.2) is 13.7 Å². The largest absolute Gasteiger partial charge is 0.496 e. The monoisotopic (exact) mass is 313 g/mol.